The Labute approximate surface area is 96.3 Å². The number of hydrogen-bond acceptors (Lipinski definition) is 2. The topological polar surface area (TPSA) is 43.3 Å². The molecule has 0 saturated carbocycles. The Bertz CT molecular complexity index is 485. The average Bonchev–Trinajstić information content (AvgIpc) is 2.61. The maximum absolute atomic E-state index is 6.20. The molecule has 0 aliphatic heterocycles. The largest absolute Gasteiger partial charge is 0.323 e. The average molecular weight is 217 g/mol. The number of imidazole rings is 1. The van der Waals surface area contributed by atoms with Gasteiger partial charge in [-0.3, -0.25) is 0 Å². The number of nitrogens with two attached hydrogens (primary N) is 1. The van der Waals surface area contributed by atoms with Gasteiger partial charge in [-0.2, -0.15) is 0 Å². The third-order valence-corrected chi connectivity index (χ3v) is 2.86. The van der Waals surface area contributed by atoms with Gasteiger partial charge in [0.05, 0.1) is 11.9 Å². The molecule has 2 rings (SSSR count). The zero-order chi connectivity index (χ0) is 11.7. The van der Waals surface area contributed by atoms with Gasteiger partial charge in [-0.25, -0.2) is 4.98 Å². The van der Waals surface area contributed by atoms with E-state index in [0.717, 1.165) is 17.8 Å². The van der Waals surface area contributed by atoms with Crippen LogP contribution in [-0.2, 0) is 0 Å². The first-order valence-electron chi connectivity index (χ1n) is 5.77. The number of aromatic nitrogens is 2. The van der Waals surface area contributed by atoms with Crippen LogP contribution in [0.15, 0.2) is 24.5 Å². The van der Waals surface area contributed by atoms with E-state index in [2.05, 4.69) is 36.2 Å². The van der Waals surface area contributed by atoms with Crippen molar-refractivity contribution in [3.8, 4) is 0 Å². The lowest BCUT2D eigenvalue weighted by Crippen LogP contribution is -2.15. The first kappa shape index (κ1) is 11.1. The lowest BCUT2D eigenvalue weighted by Gasteiger charge is -2.13. The Morgan fingerprint density at radius 1 is 1.44 bits per heavy atom. The van der Waals surface area contributed by atoms with Crippen molar-refractivity contribution in [3.63, 3.8) is 0 Å². The van der Waals surface area contributed by atoms with Crippen molar-refractivity contribution >= 4 is 5.65 Å². The van der Waals surface area contributed by atoms with E-state index in [-0.39, 0.29) is 6.04 Å². The molecule has 0 fully saturated rings. The Kier molecular flexibility index (Phi) is 2.97. The van der Waals surface area contributed by atoms with Crippen LogP contribution in [0, 0.1) is 12.8 Å². The Morgan fingerprint density at radius 2 is 2.19 bits per heavy atom. The smallest absolute Gasteiger partial charge is 0.139 e. The molecule has 2 aromatic heterocycles. The van der Waals surface area contributed by atoms with Crippen LogP contribution >= 0.6 is 0 Å². The highest BCUT2D eigenvalue weighted by atomic mass is 15.0. The molecule has 2 heterocycles. The van der Waals surface area contributed by atoms with Gasteiger partial charge >= 0.3 is 0 Å². The van der Waals surface area contributed by atoms with E-state index in [1.54, 1.807) is 0 Å². The molecule has 0 bridgehead atoms. The SMILES string of the molecule is Cc1cccn2c(C(N)CC(C)C)cnc12. The quantitative estimate of drug-likeness (QED) is 0.859. The molecule has 16 heavy (non-hydrogen) atoms. The van der Waals surface area contributed by atoms with Crippen molar-refractivity contribution in [1.29, 1.82) is 0 Å². The predicted octanol–water partition coefficient (Wildman–Crippen LogP) is 2.69. The van der Waals surface area contributed by atoms with E-state index in [1.807, 2.05) is 18.5 Å². The maximum atomic E-state index is 6.20. The number of fused-ring (bicyclic) bond motifs is 1. The fraction of sp³-hybridized carbons (Fsp3) is 0.462. The van der Waals surface area contributed by atoms with E-state index >= 15 is 0 Å². The second-order valence-corrected chi connectivity index (χ2v) is 4.80. The fourth-order valence-corrected chi connectivity index (χ4v) is 2.07. The zero-order valence-corrected chi connectivity index (χ0v) is 10.1. The summed E-state index contributed by atoms with van der Waals surface area (Å²) in [7, 11) is 0. The summed E-state index contributed by atoms with van der Waals surface area (Å²) in [6.45, 7) is 6.45. The van der Waals surface area contributed by atoms with Crippen molar-refractivity contribution in [1.82, 2.24) is 9.38 Å². The van der Waals surface area contributed by atoms with Gasteiger partial charge in [0, 0.05) is 12.2 Å². The molecular weight excluding hydrogens is 198 g/mol. The number of hydrogen-bond donors (Lipinski definition) is 1. The minimum absolute atomic E-state index is 0.0665. The second-order valence-electron chi connectivity index (χ2n) is 4.80. The summed E-state index contributed by atoms with van der Waals surface area (Å²) in [4.78, 5) is 4.43. The van der Waals surface area contributed by atoms with Crippen LogP contribution in [-0.4, -0.2) is 9.38 Å². The summed E-state index contributed by atoms with van der Waals surface area (Å²) >= 11 is 0. The molecule has 86 valence electrons. The van der Waals surface area contributed by atoms with Gasteiger partial charge in [-0.15, -0.1) is 0 Å². The number of pyridine rings is 1. The molecule has 0 aromatic carbocycles. The summed E-state index contributed by atoms with van der Waals surface area (Å²) in [5.74, 6) is 0.602. The van der Waals surface area contributed by atoms with Gasteiger partial charge in [-0.05, 0) is 30.9 Å². The molecule has 0 aliphatic carbocycles. The van der Waals surface area contributed by atoms with Crippen LogP contribution in [0.2, 0.25) is 0 Å². The van der Waals surface area contributed by atoms with E-state index in [0.29, 0.717) is 5.92 Å². The predicted molar refractivity (Wildman–Crippen MR) is 66.3 cm³/mol. The van der Waals surface area contributed by atoms with Crippen LogP contribution in [0.1, 0.15) is 37.6 Å². The molecule has 0 radical (unpaired) electrons. The van der Waals surface area contributed by atoms with Gasteiger partial charge in [0.15, 0.2) is 0 Å². The maximum Gasteiger partial charge on any atom is 0.139 e. The molecule has 2 N–H and O–H groups in total. The summed E-state index contributed by atoms with van der Waals surface area (Å²) in [6.07, 6.45) is 4.92. The van der Waals surface area contributed by atoms with Crippen LogP contribution in [0.25, 0.3) is 5.65 Å². The molecule has 1 unspecified atom stereocenters. The van der Waals surface area contributed by atoms with Gasteiger partial charge in [0.2, 0.25) is 0 Å². The zero-order valence-electron chi connectivity index (χ0n) is 10.1. The van der Waals surface area contributed by atoms with Crippen molar-refractivity contribution in [2.24, 2.45) is 11.7 Å². The third kappa shape index (κ3) is 1.95. The lowest BCUT2D eigenvalue weighted by molar-refractivity contribution is 0.500. The monoisotopic (exact) mass is 217 g/mol. The summed E-state index contributed by atoms with van der Waals surface area (Å²) in [5, 5.41) is 0. The minimum atomic E-state index is 0.0665. The van der Waals surface area contributed by atoms with Gasteiger partial charge in [-0.1, -0.05) is 19.9 Å². The van der Waals surface area contributed by atoms with E-state index in [1.165, 1.54) is 5.56 Å². The molecule has 3 heteroatoms. The normalized spacial score (nSPS) is 13.6. The Hall–Kier alpha value is -1.35. The molecule has 3 nitrogen and oxygen atoms in total. The van der Waals surface area contributed by atoms with E-state index < -0.39 is 0 Å². The second kappa shape index (κ2) is 4.26. The van der Waals surface area contributed by atoms with Crippen molar-refractivity contribution < 1.29 is 0 Å². The first-order chi connectivity index (χ1) is 7.59. The molecule has 1 atom stereocenters. The highest BCUT2D eigenvalue weighted by molar-refractivity contribution is 5.48. The highest BCUT2D eigenvalue weighted by Crippen LogP contribution is 2.20. The molecule has 0 aliphatic rings. The van der Waals surface area contributed by atoms with Crippen LogP contribution in [0.5, 0.6) is 0 Å². The number of nitrogens with zero attached hydrogens (tertiary/aromatic N) is 2. The standard InChI is InChI=1S/C13H19N3/c1-9(2)7-11(14)12-8-15-13-10(3)5-4-6-16(12)13/h4-6,8-9,11H,7,14H2,1-3H3. The third-order valence-electron chi connectivity index (χ3n) is 2.86. The highest BCUT2D eigenvalue weighted by Gasteiger charge is 2.13. The molecule has 2 aromatic rings. The fourth-order valence-electron chi connectivity index (χ4n) is 2.07. The van der Waals surface area contributed by atoms with Crippen LogP contribution in [0.3, 0.4) is 0 Å². The Balaban J connectivity index is 2.42. The molecule has 0 amide bonds. The van der Waals surface area contributed by atoms with Crippen molar-refractivity contribution in [2.75, 3.05) is 0 Å². The molecular formula is C13H19N3. The molecule has 0 spiro atoms. The Morgan fingerprint density at radius 3 is 2.88 bits per heavy atom. The van der Waals surface area contributed by atoms with Gasteiger partial charge in [0.25, 0.3) is 0 Å². The van der Waals surface area contributed by atoms with E-state index in [4.69, 9.17) is 5.73 Å². The van der Waals surface area contributed by atoms with Crippen LogP contribution in [0.4, 0.5) is 0 Å². The lowest BCUT2D eigenvalue weighted by atomic mass is 10.0. The summed E-state index contributed by atoms with van der Waals surface area (Å²) in [5.41, 5.74) is 9.50. The van der Waals surface area contributed by atoms with Crippen molar-refractivity contribution in [2.45, 2.75) is 33.2 Å². The van der Waals surface area contributed by atoms with Gasteiger partial charge < -0.3 is 10.1 Å². The number of aryl methyl sites for hydroxylation is 1. The molecule has 0 saturated heterocycles. The van der Waals surface area contributed by atoms with Gasteiger partial charge in [0.1, 0.15) is 5.65 Å². The van der Waals surface area contributed by atoms with Crippen molar-refractivity contribution in [3.05, 3.63) is 35.8 Å². The summed E-state index contributed by atoms with van der Waals surface area (Å²) in [6, 6.07) is 4.17. The first-order valence-corrected chi connectivity index (χ1v) is 5.77. The van der Waals surface area contributed by atoms with Crippen LogP contribution < -0.4 is 5.73 Å². The summed E-state index contributed by atoms with van der Waals surface area (Å²) < 4.78 is 2.10. The van der Waals surface area contributed by atoms with E-state index in [9.17, 15) is 0 Å². The number of rotatable bonds is 3. The minimum Gasteiger partial charge on any atom is -0.323 e.